The Kier molecular flexibility index (Phi) is 9.44. The summed E-state index contributed by atoms with van der Waals surface area (Å²) >= 11 is 0. The maximum absolute atomic E-state index is 10.4. The number of unbranched alkanes of at least 4 members (excludes halogenated alkanes) is 6. The van der Waals surface area contributed by atoms with Crippen LogP contribution in [0.5, 0.6) is 0 Å². The number of carboxylic acid groups (broad SMARTS) is 1. The Labute approximate surface area is 98.4 Å². The molecule has 0 rings (SSSR count). The van der Waals surface area contributed by atoms with E-state index in [4.69, 9.17) is 5.11 Å². The van der Waals surface area contributed by atoms with Crippen LogP contribution in [0.2, 0.25) is 0 Å². The van der Waals surface area contributed by atoms with Crippen LogP contribution in [0.15, 0.2) is 30.0 Å². The van der Waals surface area contributed by atoms with Gasteiger partial charge in [-0.3, -0.25) is 0 Å². The van der Waals surface area contributed by atoms with Crippen LogP contribution in [-0.2, 0) is 4.79 Å². The van der Waals surface area contributed by atoms with Gasteiger partial charge < -0.3 is 5.11 Å². The largest absolute Gasteiger partial charge is 0.477 e. The minimum absolute atomic E-state index is 0.283. The molecule has 0 saturated carbocycles. The van der Waals surface area contributed by atoms with E-state index in [0.29, 0.717) is 0 Å². The van der Waals surface area contributed by atoms with E-state index < -0.39 is 5.97 Å². The smallest absolute Gasteiger partial charge is 0.339 e. The number of hydrogen-bond acceptors (Lipinski definition) is 1. The van der Waals surface area contributed by atoms with Crippen molar-refractivity contribution in [1.29, 1.82) is 0 Å². The summed E-state index contributed by atoms with van der Waals surface area (Å²) in [5.41, 5.74) is 3.06. The zero-order valence-electron chi connectivity index (χ0n) is 10.2. The lowest BCUT2D eigenvalue weighted by molar-refractivity contribution is -0.132. The van der Waals surface area contributed by atoms with Crippen LogP contribution in [0.25, 0.3) is 0 Å². The highest BCUT2D eigenvalue weighted by Crippen LogP contribution is 2.07. The van der Waals surface area contributed by atoms with Gasteiger partial charge in [-0.15, -0.1) is 12.3 Å². The molecule has 0 unspecified atom stereocenters. The molecule has 0 heterocycles. The monoisotopic (exact) mass is 222 g/mol. The van der Waals surface area contributed by atoms with Crippen LogP contribution in [0.4, 0.5) is 0 Å². The van der Waals surface area contributed by atoms with Crippen LogP contribution < -0.4 is 0 Å². The molecule has 0 amide bonds. The van der Waals surface area contributed by atoms with Crippen molar-refractivity contribution in [2.45, 2.75) is 51.9 Å². The van der Waals surface area contributed by atoms with E-state index in [2.05, 4.69) is 12.3 Å². The van der Waals surface area contributed by atoms with Crippen molar-refractivity contribution in [2.75, 3.05) is 0 Å². The molecule has 2 nitrogen and oxygen atoms in total. The molecule has 0 saturated heterocycles. The van der Waals surface area contributed by atoms with Gasteiger partial charge in [-0.25, -0.2) is 4.79 Å². The highest BCUT2D eigenvalue weighted by molar-refractivity contribution is 5.85. The Balaban J connectivity index is 3.43. The minimum atomic E-state index is -0.888. The molecule has 0 radical (unpaired) electrons. The van der Waals surface area contributed by atoms with Crippen molar-refractivity contribution in [3.63, 3.8) is 0 Å². The summed E-state index contributed by atoms with van der Waals surface area (Å²) in [7, 11) is 0. The van der Waals surface area contributed by atoms with Gasteiger partial charge in [-0.1, -0.05) is 25.3 Å². The first-order valence-electron chi connectivity index (χ1n) is 5.94. The summed E-state index contributed by atoms with van der Waals surface area (Å²) in [6.45, 7) is 5.25. The van der Waals surface area contributed by atoms with Crippen LogP contribution >= 0.6 is 0 Å². The number of carbonyl (C=O) groups is 1. The van der Waals surface area contributed by atoms with E-state index >= 15 is 0 Å². The van der Waals surface area contributed by atoms with Gasteiger partial charge in [0.1, 0.15) is 0 Å². The molecular weight excluding hydrogens is 200 g/mol. The molecule has 0 bridgehead atoms. The van der Waals surface area contributed by atoms with E-state index in [-0.39, 0.29) is 5.57 Å². The number of hydrogen-bond donors (Lipinski definition) is 1. The first-order valence-corrected chi connectivity index (χ1v) is 5.94. The summed E-state index contributed by atoms with van der Waals surface area (Å²) in [6.07, 6.45) is 11.9. The lowest BCUT2D eigenvalue weighted by Crippen LogP contribution is -1.93. The van der Waals surface area contributed by atoms with Crippen LogP contribution in [-0.4, -0.2) is 11.1 Å². The second-order valence-electron chi connectivity index (χ2n) is 3.91. The first-order chi connectivity index (χ1) is 7.68. The van der Waals surface area contributed by atoms with E-state index in [0.717, 1.165) is 19.3 Å². The molecule has 0 aliphatic rings. The molecular formula is C14H22O2. The van der Waals surface area contributed by atoms with Crippen molar-refractivity contribution in [2.24, 2.45) is 0 Å². The van der Waals surface area contributed by atoms with Crippen molar-refractivity contribution in [1.82, 2.24) is 0 Å². The third-order valence-electron chi connectivity index (χ3n) is 2.40. The van der Waals surface area contributed by atoms with E-state index in [1.807, 2.05) is 12.2 Å². The fraction of sp³-hybridized carbons (Fsp3) is 0.571. The second kappa shape index (κ2) is 10.3. The molecule has 16 heavy (non-hydrogen) atoms. The molecule has 0 aliphatic heterocycles. The quantitative estimate of drug-likeness (QED) is 0.276. The summed E-state index contributed by atoms with van der Waals surface area (Å²) in [5.74, 6) is -0.888. The zero-order chi connectivity index (χ0) is 12.2. The van der Waals surface area contributed by atoms with Crippen LogP contribution in [0, 0.1) is 0 Å². The van der Waals surface area contributed by atoms with Gasteiger partial charge in [0.05, 0.1) is 5.57 Å². The molecule has 0 aromatic rings. The third kappa shape index (κ3) is 9.29. The Morgan fingerprint density at radius 2 is 1.75 bits per heavy atom. The number of aliphatic carboxylic acids is 1. The summed E-state index contributed by atoms with van der Waals surface area (Å²) in [6, 6.07) is 0. The zero-order valence-corrected chi connectivity index (χ0v) is 10.2. The standard InChI is InChI=1S/C14H22O2/c1-3-4-5-6-7-8-9-10-11-12-13(2)14(15)16/h3,11H,1,4-10H2,2H3,(H,15,16). The Morgan fingerprint density at radius 3 is 2.31 bits per heavy atom. The van der Waals surface area contributed by atoms with E-state index in [1.165, 1.54) is 25.7 Å². The highest BCUT2D eigenvalue weighted by atomic mass is 16.4. The topological polar surface area (TPSA) is 37.3 Å². The number of rotatable bonds is 9. The van der Waals surface area contributed by atoms with E-state index in [1.54, 1.807) is 6.92 Å². The van der Waals surface area contributed by atoms with Crippen molar-refractivity contribution in [3.05, 3.63) is 30.0 Å². The fourth-order valence-electron chi connectivity index (χ4n) is 1.35. The summed E-state index contributed by atoms with van der Waals surface area (Å²) < 4.78 is 0. The Morgan fingerprint density at radius 1 is 1.19 bits per heavy atom. The van der Waals surface area contributed by atoms with Gasteiger partial charge in [0.15, 0.2) is 0 Å². The Hall–Kier alpha value is -1.27. The molecule has 0 atom stereocenters. The predicted molar refractivity (Wildman–Crippen MR) is 67.4 cm³/mol. The van der Waals surface area contributed by atoms with Crippen LogP contribution in [0.1, 0.15) is 51.9 Å². The minimum Gasteiger partial charge on any atom is -0.477 e. The van der Waals surface area contributed by atoms with E-state index in [9.17, 15) is 4.79 Å². The van der Waals surface area contributed by atoms with Crippen LogP contribution in [0.3, 0.4) is 0 Å². The predicted octanol–water partition coefficient (Wildman–Crippen LogP) is 4.09. The van der Waals surface area contributed by atoms with Gasteiger partial charge in [0.2, 0.25) is 0 Å². The normalized spacial score (nSPS) is 9.31. The van der Waals surface area contributed by atoms with Gasteiger partial charge in [-0.05, 0) is 38.7 Å². The number of carboxylic acids is 1. The molecule has 0 fully saturated rings. The van der Waals surface area contributed by atoms with Gasteiger partial charge >= 0.3 is 5.97 Å². The summed E-state index contributed by atoms with van der Waals surface area (Å²) in [5, 5.41) is 8.58. The average Bonchev–Trinajstić information content (AvgIpc) is 2.26. The second-order valence-corrected chi connectivity index (χ2v) is 3.91. The highest BCUT2D eigenvalue weighted by Gasteiger charge is 1.95. The lowest BCUT2D eigenvalue weighted by atomic mass is 10.1. The first kappa shape index (κ1) is 14.7. The average molecular weight is 222 g/mol. The number of allylic oxidation sites excluding steroid dienone is 1. The van der Waals surface area contributed by atoms with Gasteiger partial charge in [0, 0.05) is 0 Å². The molecule has 0 aromatic heterocycles. The molecule has 2 heteroatoms. The van der Waals surface area contributed by atoms with Crippen molar-refractivity contribution < 1.29 is 9.90 Å². The van der Waals surface area contributed by atoms with Crippen molar-refractivity contribution >= 4 is 5.97 Å². The third-order valence-corrected chi connectivity index (χ3v) is 2.40. The molecule has 0 aliphatic carbocycles. The van der Waals surface area contributed by atoms with Gasteiger partial charge in [-0.2, -0.15) is 0 Å². The van der Waals surface area contributed by atoms with Gasteiger partial charge in [0.25, 0.3) is 0 Å². The molecule has 0 spiro atoms. The Bertz CT molecular complexity index is 270. The maximum Gasteiger partial charge on any atom is 0.339 e. The molecule has 1 N–H and O–H groups in total. The molecule has 0 aromatic carbocycles. The SMILES string of the molecule is C=CCCCCCCCC=C=C(C)C(=O)O. The van der Waals surface area contributed by atoms with Crippen molar-refractivity contribution in [3.8, 4) is 0 Å². The maximum atomic E-state index is 10.4. The summed E-state index contributed by atoms with van der Waals surface area (Å²) in [4.78, 5) is 10.4. The fourth-order valence-corrected chi connectivity index (χ4v) is 1.35. The lowest BCUT2D eigenvalue weighted by Gasteiger charge is -1.97. The molecule has 90 valence electrons.